The predicted octanol–water partition coefficient (Wildman–Crippen LogP) is 1.59. The van der Waals surface area contributed by atoms with Crippen molar-refractivity contribution in [3.63, 3.8) is 0 Å². The molecular formula is C12H18N2O5. The zero-order chi connectivity index (χ0) is 14.5. The second-order valence-electron chi connectivity index (χ2n) is 5.12. The number of alkyl carbamates (subject to hydrolysis) is 1. The Hall–Kier alpha value is -2.05. The molecule has 0 aliphatic rings. The first-order valence-corrected chi connectivity index (χ1v) is 5.84. The van der Waals surface area contributed by atoms with Gasteiger partial charge in [-0.05, 0) is 20.8 Å². The molecule has 7 heteroatoms. The lowest BCUT2D eigenvalue weighted by Crippen LogP contribution is -2.41. The summed E-state index contributed by atoms with van der Waals surface area (Å²) < 4.78 is 9.89. The maximum Gasteiger partial charge on any atom is 0.407 e. The maximum atomic E-state index is 11.6. The number of aromatic nitrogens is 1. The summed E-state index contributed by atoms with van der Waals surface area (Å²) in [6.07, 6.45) is 2.06. The van der Waals surface area contributed by atoms with Crippen LogP contribution < -0.4 is 5.32 Å². The van der Waals surface area contributed by atoms with Gasteiger partial charge in [-0.25, -0.2) is 9.78 Å². The number of amides is 1. The zero-order valence-electron chi connectivity index (χ0n) is 11.2. The van der Waals surface area contributed by atoms with E-state index >= 15 is 0 Å². The van der Waals surface area contributed by atoms with Crippen LogP contribution in [0.15, 0.2) is 17.1 Å². The lowest BCUT2D eigenvalue weighted by Gasteiger charge is -2.22. The minimum Gasteiger partial charge on any atom is -0.481 e. The number of carboxylic acids is 1. The molecule has 19 heavy (non-hydrogen) atoms. The molecule has 0 fully saturated rings. The number of aliphatic carboxylic acids is 1. The average molecular weight is 270 g/mol. The number of hydrogen-bond donors (Lipinski definition) is 2. The van der Waals surface area contributed by atoms with Crippen molar-refractivity contribution < 1.29 is 23.8 Å². The summed E-state index contributed by atoms with van der Waals surface area (Å²) in [6, 6.07) is -0.600. The third-order valence-corrected chi connectivity index (χ3v) is 2.08. The number of carbonyl (C=O) groups is 2. The molecule has 0 aromatic carbocycles. The summed E-state index contributed by atoms with van der Waals surface area (Å²) in [7, 11) is 0. The second-order valence-corrected chi connectivity index (χ2v) is 5.12. The van der Waals surface area contributed by atoms with E-state index in [1.54, 1.807) is 20.8 Å². The van der Waals surface area contributed by atoms with E-state index in [0.29, 0.717) is 5.69 Å². The van der Waals surface area contributed by atoms with Gasteiger partial charge < -0.3 is 19.6 Å². The smallest absolute Gasteiger partial charge is 0.407 e. The van der Waals surface area contributed by atoms with E-state index in [2.05, 4.69) is 10.3 Å². The fourth-order valence-electron chi connectivity index (χ4n) is 1.45. The van der Waals surface area contributed by atoms with Crippen molar-refractivity contribution in [2.75, 3.05) is 0 Å². The Balaban J connectivity index is 2.59. The van der Waals surface area contributed by atoms with Crippen LogP contribution in [0.2, 0.25) is 0 Å². The van der Waals surface area contributed by atoms with Crippen LogP contribution in [0, 0.1) is 0 Å². The third-order valence-electron chi connectivity index (χ3n) is 2.08. The van der Waals surface area contributed by atoms with Gasteiger partial charge in [0.25, 0.3) is 0 Å². The van der Waals surface area contributed by atoms with Crippen LogP contribution in [-0.4, -0.2) is 33.8 Å². The Labute approximate surface area is 111 Å². The lowest BCUT2D eigenvalue weighted by molar-refractivity contribution is -0.137. The number of carbonyl (C=O) groups excluding carboxylic acids is 1. The van der Waals surface area contributed by atoms with Crippen LogP contribution >= 0.6 is 0 Å². The minimum atomic E-state index is -1.01. The van der Waals surface area contributed by atoms with Crippen LogP contribution in [0.4, 0.5) is 4.79 Å². The molecule has 0 saturated heterocycles. The standard InChI is InChI=1S/C12H18N2O5/c1-12(2,3)19-11(17)14-8(5-10(15)16)4-9-6-18-7-13-9/h6-8H,4-5H2,1-3H3,(H,14,17)(H,15,16). The van der Waals surface area contributed by atoms with Gasteiger partial charge in [0.15, 0.2) is 6.39 Å². The van der Waals surface area contributed by atoms with Gasteiger partial charge in [0, 0.05) is 12.5 Å². The average Bonchev–Trinajstić information content (AvgIpc) is 2.65. The highest BCUT2D eigenvalue weighted by molar-refractivity contribution is 5.71. The molecule has 1 heterocycles. The molecule has 1 aromatic heterocycles. The molecule has 1 unspecified atom stereocenters. The largest absolute Gasteiger partial charge is 0.481 e. The summed E-state index contributed by atoms with van der Waals surface area (Å²) >= 11 is 0. The first kappa shape index (κ1) is 15.0. The predicted molar refractivity (Wildman–Crippen MR) is 65.6 cm³/mol. The molecule has 0 radical (unpaired) electrons. The zero-order valence-corrected chi connectivity index (χ0v) is 11.2. The van der Waals surface area contributed by atoms with Crippen LogP contribution in [-0.2, 0) is 16.0 Å². The normalized spacial score (nSPS) is 12.8. The first-order valence-electron chi connectivity index (χ1n) is 5.84. The number of oxazole rings is 1. The molecule has 7 nitrogen and oxygen atoms in total. The van der Waals surface area contributed by atoms with Crippen LogP contribution in [0.1, 0.15) is 32.9 Å². The molecular weight excluding hydrogens is 252 g/mol. The number of ether oxygens (including phenoxy) is 1. The van der Waals surface area contributed by atoms with Crippen molar-refractivity contribution in [1.29, 1.82) is 0 Å². The second kappa shape index (κ2) is 6.21. The fraction of sp³-hybridized carbons (Fsp3) is 0.583. The Morgan fingerprint density at radius 1 is 1.53 bits per heavy atom. The summed E-state index contributed by atoms with van der Waals surface area (Å²) in [6.45, 7) is 5.20. The Bertz CT molecular complexity index is 422. The molecule has 106 valence electrons. The van der Waals surface area contributed by atoms with Crippen molar-refractivity contribution in [1.82, 2.24) is 10.3 Å². The lowest BCUT2D eigenvalue weighted by atomic mass is 10.1. The summed E-state index contributed by atoms with van der Waals surface area (Å²) in [5.41, 5.74) is -0.0616. The van der Waals surface area contributed by atoms with E-state index < -0.39 is 23.7 Å². The summed E-state index contributed by atoms with van der Waals surface area (Å²) in [5.74, 6) is -1.01. The molecule has 1 amide bonds. The van der Waals surface area contributed by atoms with E-state index in [9.17, 15) is 9.59 Å². The molecule has 1 rings (SSSR count). The van der Waals surface area contributed by atoms with Crippen LogP contribution in [0.25, 0.3) is 0 Å². The first-order chi connectivity index (χ1) is 8.76. The quantitative estimate of drug-likeness (QED) is 0.842. The Morgan fingerprint density at radius 2 is 2.21 bits per heavy atom. The van der Waals surface area contributed by atoms with Crippen molar-refractivity contribution in [3.8, 4) is 0 Å². The molecule has 0 spiro atoms. The SMILES string of the molecule is CC(C)(C)OC(=O)NC(CC(=O)O)Cc1cocn1. The van der Waals surface area contributed by atoms with Crippen molar-refractivity contribution >= 4 is 12.1 Å². The van der Waals surface area contributed by atoms with Crippen molar-refractivity contribution in [2.24, 2.45) is 0 Å². The van der Waals surface area contributed by atoms with Crippen LogP contribution in [0.5, 0.6) is 0 Å². The van der Waals surface area contributed by atoms with Gasteiger partial charge in [-0.1, -0.05) is 0 Å². The molecule has 2 N–H and O–H groups in total. The van der Waals surface area contributed by atoms with Gasteiger partial charge in [-0.3, -0.25) is 4.79 Å². The number of rotatable bonds is 5. The fourth-order valence-corrected chi connectivity index (χ4v) is 1.45. The van der Waals surface area contributed by atoms with Gasteiger partial charge in [0.1, 0.15) is 11.9 Å². The van der Waals surface area contributed by atoms with E-state index in [1.807, 2.05) is 0 Å². The molecule has 1 atom stereocenters. The Kier molecular flexibility index (Phi) is 4.91. The van der Waals surface area contributed by atoms with Gasteiger partial charge >= 0.3 is 12.1 Å². The topological polar surface area (TPSA) is 102 Å². The Morgan fingerprint density at radius 3 is 2.68 bits per heavy atom. The van der Waals surface area contributed by atoms with Gasteiger partial charge in [0.05, 0.1) is 12.1 Å². The van der Waals surface area contributed by atoms with Crippen molar-refractivity contribution in [2.45, 2.75) is 45.3 Å². The molecule has 0 saturated carbocycles. The summed E-state index contributed by atoms with van der Waals surface area (Å²) in [5, 5.41) is 11.3. The number of hydrogen-bond acceptors (Lipinski definition) is 5. The maximum absolute atomic E-state index is 11.6. The molecule has 0 bridgehead atoms. The minimum absolute atomic E-state index is 0.216. The highest BCUT2D eigenvalue weighted by atomic mass is 16.6. The number of nitrogens with one attached hydrogen (secondary N) is 1. The van der Waals surface area contributed by atoms with E-state index in [4.69, 9.17) is 14.3 Å². The van der Waals surface area contributed by atoms with Crippen LogP contribution in [0.3, 0.4) is 0 Å². The molecule has 0 aliphatic carbocycles. The highest BCUT2D eigenvalue weighted by Crippen LogP contribution is 2.09. The highest BCUT2D eigenvalue weighted by Gasteiger charge is 2.22. The summed E-state index contributed by atoms with van der Waals surface area (Å²) in [4.78, 5) is 26.3. The monoisotopic (exact) mass is 270 g/mol. The third kappa shape index (κ3) is 6.44. The number of carboxylic acid groups (broad SMARTS) is 1. The number of nitrogens with zero attached hydrogens (tertiary/aromatic N) is 1. The van der Waals surface area contributed by atoms with E-state index in [1.165, 1.54) is 12.7 Å². The van der Waals surface area contributed by atoms with Crippen molar-refractivity contribution in [3.05, 3.63) is 18.4 Å². The molecule has 1 aromatic rings. The molecule has 0 aliphatic heterocycles. The van der Waals surface area contributed by atoms with E-state index in [-0.39, 0.29) is 12.8 Å². The van der Waals surface area contributed by atoms with Gasteiger partial charge in [0.2, 0.25) is 0 Å². The van der Waals surface area contributed by atoms with Gasteiger partial charge in [-0.15, -0.1) is 0 Å². The van der Waals surface area contributed by atoms with Gasteiger partial charge in [-0.2, -0.15) is 0 Å². The van der Waals surface area contributed by atoms with E-state index in [0.717, 1.165) is 0 Å².